The summed E-state index contributed by atoms with van der Waals surface area (Å²) < 4.78 is 24.2. The molecule has 1 N–H and O–H groups in total. The summed E-state index contributed by atoms with van der Waals surface area (Å²) in [5.74, 6) is 4.08. The topological polar surface area (TPSA) is 129 Å². The average molecular weight is 715 g/mol. The van der Waals surface area contributed by atoms with E-state index < -0.39 is 0 Å². The van der Waals surface area contributed by atoms with Crippen LogP contribution in [0.1, 0.15) is 29.2 Å². The number of carbonyl (C=O) groups excluding carboxylic acids is 1. The predicted molar refractivity (Wildman–Crippen MR) is 203 cm³/mol. The van der Waals surface area contributed by atoms with Crippen LogP contribution >= 0.6 is 0 Å². The minimum absolute atomic E-state index is 0.0618. The fraction of sp³-hybridized carbons (Fsp3) is 0.275. The first-order valence-electron chi connectivity index (χ1n) is 17.2. The van der Waals surface area contributed by atoms with Crippen LogP contribution in [0.4, 0.5) is 17.3 Å². The number of fused-ring (bicyclic) bond motifs is 1. The maximum atomic E-state index is 12.6. The molecule has 2 aromatic carbocycles. The number of benzene rings is 2. The van der Waals surface area contributed by atoms with Crippen LogP contribution in [0.25, 0.3) is 22.0 Å². The Bertz CT molecular complexity index is 2250. The van der Waals surface area contributed by atoms with Gasteiger partial charge in [-0.25, -0.2) is 9.97 Å². The quantitative estimate of drug-likeness (QED) is 0.139. The molecular weight excluding hydrogens is 672 g/mol. The molecule has 13 nitrogen and oxygen atoms in total. The Balaban J connectivity index is 1.34. The highest BCUT2D eigenvalue weighted by molar-refractivity contribution is 5.96. The predicted octanol–water partition coefficient (Wildman–Crippen LogP) is 6.58. The number of carbonyl (C=O) groups is 1. The number of hydrogen-bond acceptors (Lipinski definition) is 11. The van der Waals surface area contributed by atoms with Gasteiger partial charge in [0.2, 0.25) is 5.91 Å². The van der Waals surface area contributed by atoms with Gasteiger partial charge in [-0.2, -0.15) is 5.10 Å². The molecule has 5 heterocycles. The Kier molecular flexibility index (Phi) is 9.97. The number of likely N-dealkylation sites (tertiary alicyclic amines) is 1. The Morgan fingerprint density at radius 1 is 0.868 bits per heavy atom. The third-order valence-electron chi connectivity index (χ3n) is 9.51. The number of likely N-dealkylation sites (N-methyl/N-ethyl adjacent to an activating group) is 1. The van der Waals surface area contributed by atoms with Crippen LogP contribution in [0.5, 0.6) is 23.0 Å². The highest BCUT2D eigenvalue weighted by Crippen LogP contribution is 2.36. The summed E-state index contributed by atoms with van der Waals surface area (Å²) in [6.07, 6.45) is 9.75. The first-order chi connectivity index (χ1) is 25.8. The van der Waals surface area contributed by atoms with Crippen LogP contribution < -0.4 is 29.2 Å². The molecule has 272 valence electrons. The molecular formula is C40H42N8O5. The van der Waals surface area contributed by atoms with Gasteiger partial charge in [0.25, 0.3) is 0 Å². The molecule has 1 saturated heterocycles. The first kappa shape index (κ1) is 35.1. The van der Waals surface area contributed by atoms with E-state index in [1.165, 1.54) is 0 Å². The summed E-state index contributed by atoms with van der Waals surface area (Å²) in [5, 5.41) is 9.66. The summed E-state index contributed by atoms with van der Waals surface area (Å²) in [6.45, 7) is 3.71. The number of aromatic nitrogens is 5. The first-order valence-corrected chi connectivity index (χ1v) is 17.2. The third kappa shape index (κ3) is 7.36. The highest BCUT2D eigenvalue weighted by Gasteiger charge is 2.31. The Morgan fingerprint density at radius 3 is 2.34 bits per heavy atom. The lowest BCUT2D eigenvalue weighted by Crippen LogP contribution is -2.24. The number of pyridine rings is 3. The second-order valence-electron chi connectivity index (χ2n) is 13.0. The minimum Gasteiger partial charge on any atom is -0.497 e. The van der Waals surface area contributed by atoms with Crippen molar-refractivity contribution in [3.05, 3.63) is 102 Å². The largest absolute Gasteiger partial charge is 0.497 e. The maximum absolute atomic E-state index is 12.6. The summed E-state index contributed by atoms with van der Waals surface area (Å²) in [6, 6.07) is 17.5. The van der Waals surface area contributed by atoms with Gasteiger partial charge in [-0.05, 0) is 77.9 Å². The van der Waals surface area contributed by atoms with Crippen molar-refractivity contribution >= 4 is 34.0 Å². The molecule has 1 aliphatic rings. The number of methoxy groups -OCH3 is 4. The molecule has 1 amide bonds. The van der Waals surface area contributed by atoms with Gasteiger partial charge < -0.3 is 34.1 Å². The van der Waals surface area contributed by atoms with E-state index in [-0.39, 0.29) is 11.9 Å². The fourth-order valence-corrected chi connectivity index (χ4v) is 6.66. The maximum Gasteiger partial charge on any atom is 0.247 e. The van der Waals surface area contributed by atoms with E-state index in [2.05, 4.69) is 33.3 Å². The van der Waals surface area contributed by atoms with Crippen molar-refractivity contribution in [3.8, 4) is 34.3 Å². The minimum atomic E-state index is -0.305. The molecule has 1 unspecified atom stereocenters. The van der Waals surface area contributed by atoms with Crippen molar-refractivity contribution in [1.29, 1.82) is 0 Å². The van der Waals surface area contributed by atoms with E-state index in [0.717, 1.165) is 56.6 Å². The molecule has 7 rings (SSSR count). The number of nitrogens with zero attached hydrogens (tertiary/aromatic N) is 7. The fourth-order valence-electron chi connectivity index (χ4n) is 6.66. The normalized spacial score (nSPS) is 14.0. The van der Waals surface area contributed by atoms with Crippen LogP contribution in [-0.4, -0.2) is 77.6 Å². The molecule has 4 aromatic heterocycles. The number of aryl methyl sites for hydroxylation is 1. The van der Waals surface area contributed by atoms with Crippen molar-refractivity contribution in [2.75, 3.05) is 52.2 Å². The Labute approximate surface area is 308 Å². The molecule has 13 heteroatoms. The monoisotopic (exact) mass is 714 g/mol. The molecule has 53 heavy (non-hydrogen) atoms. The van der Waals surface area contributed by atoms with Crippen LogP contribution in [0.2, 0.25) is 0 Å². The zero-order valence-electron chi connectivity index (χ0n) is 30.7. The Hall–Kier alpha value is -6.37. The summed E-state index contributed by atoms with van der Waals surface area (Å²) in [5.41, 5.74) is 5.43. The molecule has 6 aromatic rings. The number of nitrogens with one attached hydrogen (secondary N) is 1. The lowest BCUT2D eigenvalue weighted by atomic mass is 10.0. The molecule has 1 atom stereocenters. The molecule has 0 bridgehead atoms. The Morgan fingerprint density at radius 2 is 1.64 bits per heavy atom. The van der Waals surface area contributed by atoms with E-state index in [9.17, 15) is 4.79 Å². The second kappa shape index (κ2) is 15.1. The van der Waals surface area contributed by atoms with Gasteiger partial charge in [-0.1, -0.05) is 6.07 Å². The summed E-state index contributed by atoms with van der Waals surface area (Å²) in [4.78, 5) is 31.2. The van der Waals surface area contributed by atoms with Crippen LogP contribution in [0.3, 0.4) is 0 Å². The van der Waals surface area contributed by atoms with Gasteiger partial charge in [0, 0.05) is 68.5 Å². The van der Waals surface area contributed by atoms with Crippen molar-refractivity contribution in [1.82, 2.24) is 29.6 Å². The standard InChI is InChI=1S/C40H42N8O5/c1-25-9-11-41-20-32(25)34-16-28-17-38(44-29-19-43-48(24-29)35-10-12-46(2)40(35)49)42-21-33(28)39(45-34)47(22-26-7-8-36(52-5)37(15-26)53-6)23-27-13-30(50-3)18-31(14-27)51-4/h7-9,11,13-21,24,35H,10,12,22-23H2,1-6H3,(H,42,44). The van der Waals surface area contributed by atoms with Crippen molar-refractivity contribution < 1.29 is 23.7 Å². The van der Waals surface area contributed by atoms with Gasteiger partial charge in [-0.3, -0.25) is 14.5 Å². The van der Waals surface area contributed by atoms with Crippen LogP contribution in [0.15, 0.2) is 85.6 Å². The van der Waals surface area contributed by atoms with Crippen molar-refractivity contribution in [2.45, 2.75) is 32.5 Å². The number of ether oxygens (including phenoxy) is 4. The molecule has 0 spiro atoms. The lowest BCUT2D eigenvalue weighted by molar-refractivity contribution is -0.129. The lowest BCUT2D eigenvalue weighted by Gasteiger charge is -2.27. The number of anilines is 3. The van der Waals surface area contributed by atoms with E-state index in [1.807, 2.05) is 74.2 Å². The van der Waals surface area contributed by atoms with E-state index in [4.69, 9.17) is 28.9 Å². The number of rotatable bonds is 13. The summed E-state index contributed by atoms with van der Waals surface area (Å²) >= 11 is 0. The summed E-state index contributed by atoms with van der Waals surface area (Å²) in [7, 11) is 8.36. The van der Waals surface area contributed by atoms with E-state index in [0.29, 0.717) is 48.5 Å². The number of hydrogen-bond donors (Lipinski definition) is 1. The molecule has 1 aliphatic heterocycles. The van der Waals surface area contributed by atoms with Crippen LogP contribution in [0, 0.1) is 6.92 Å². The number of amides is 1. The zero-order chi connectivity index (χ0) is 37.1. The smallest absolute Gasteiger partial charge is 0.247 e. The molecule has 1 fully saturated rings. The van der Waals surface area contributed by atoms with Gasteiger partial charge >= 0.3 is 0 Å². The molecule has 0 radical (unpaired) electrons. The van der Waals surface area contributed by atoms with Crippen molar-refractivity contribution in [2.24, 2.45) is 0 Å². The van der Waals surface area contributed by atoms with Gasteiger partial charge in [-0.15, -0.1) is 0 Å². The second-order valence-corrected chi connectivity index (χ2v) is 13.0. The highest BCUT2D eigenvalue weighted by atomic mass is 16.5. The van der Waals surface area contributed by atoms with E-state index in [1.54, 1.807) is 50.4 Å². The molecule has 0 aliphatic carbocycles. The van der Waals surface area contributed by atoms with Gasteiger partial charge in [0.1, 0.15) is 29.2 Å². The third-order valence-corrected chi connectivity index (χ3v) is 9.51. The van der Waals surface area contributed by atoms with Gasteiger partial charge in [0.15, 0.2) is 11.5 Å². The average Bonchev–Trinajstić information content (AvgIpc) is 3.78. The van der Waals surface area contributed by atoms with Crippen molar-refractivity contribution in [3.63, 3.8) is 0 Å². The van der Waals surface area contributed by atoms with Gasteiger partial charge in [0.05, 0.1) is 46.0 Å². The SMILES string of the molecule is COc1cc(CN(Cc2ccc(OC)c(OC)c2)c2nc(-c3cnccc3C)cc3cc(Nc4cnn(C5CCN(C)C5=O)c4)ncc23)cc(OC)c1. The van der Waals surface area contributed by atoms with Crippen LogP contribution in [-0.2, 0) is 17.9 Å². The van der Waals surface area contributed by atoms with E-state index >= 15 is 0 Å². The molecule has 0 saturated carbocycles. The zero-order valence-corrected chi connectivity index (χ0v) is 30.7.